The molecule has 1 aromatic heterocycles. The number of nitrogens with one attached hydrogen (secondary N) is 1. The molecule has 2 unspecified atom stereocenters. The molecule has 0 radical (unpaired) electrons. The minimum Gasteiger partial charge on any atom is -0.478 e. The SMILES string of the molecule is CCOc1ccnc(NC2CC2C)n1. The fourth-order valence-electron chi connectivity index (χ4n) is 1.33. The largest absolute Gasteiger partial charge is 0.478 e. The van der Waals surface area contributed by atoms with E-state index < -0.39 is 0 Å². The molecule has 0 aromatic carbocycles. The van der Waals surface area contributed by atoms with Crippen molar-refractivity contribution in [3.8, 4) is 5.88 Å². The molecule has 1 N–H and O–H groups in total. The summed E-state index contributed by atoms with van der Waals surface area (Å²) in [5.74, 6) is 2.05. The van der Waals surface area contributed by atoms with E-state index in [4.69, 9.17) is 4.74 Å². The van der Waals surface area contributed by atoms with Crippen molar-refractivity contribution >= 4 is 5.95 Å². The molecule has 1 fully saturated rings. The maximum absolute atomic E-state index is 5.28. The van der Waals surface area contributed by atoms with Crippen LogP contribution in [-0.4, -0.2) is 22.6 Å². The predicted octanol–water partition coefficient (Wildman–Crippen LogP) is 1.70. The standard InChI is InChI=1S/C10H15N3O/c1-3-14-9-4-5-11-10(13-9)12-8-6-7(8)2/h4-5,7-8H,3,6H2,1-2H3,(H,11,12,13). The number of hydrogen-bond donors (Lipinski definition) is 1. The van der Waals surface area contributed by atoms with Crippen molar-refractivity contribution in [1.29, 1.82) is 0 Å². The van der Waals surface area contributed by atoms with E-state index in [1.54, 1.807) is 12.3 Å². The van der Waals surface area contributed by atoms with Gasteiger partial charge < -0.3 is 10.1 Å². The molecule has 0 amide bonds. The number of hydrogen-bond acceptors (Lipinski definition) is 4. The van der Waals surface area contributed by atoms with Gasteiger partial charge in [0.15, 0.2) is 0 Å². The van der Waals surface area contributed by atoms with Crippen LogP contribution in [0.15, 0.2) is 12.3 Å². The summed E-state index contributed by atoms with van der Waals surface area (Å²) in [5.41, 5.74) is 0. The summed E-state index contributed by atoms with van der Waals surface area (Å²) in [4.78, 5) is 8.37. The normalized spacial score (nSPS) is 24.4. The van der Waals surface area contributed by atoms with Gasteiger partial charge in [0, 0.05) is 18.3 Å². The van der Waals surface area contributed by atoms with E-state index in [0.29, 0.717) is 24.5 Å². The van der Waals surface area contributed by atoms with E-state index in [2.05, 4.69) is 22.2 Å². The zero-order chi connectivity index (χ0) is 9.97. The Morgan fingerprint density at radius 1 is 1.64 bits per heavy atom. The first-order chi connectivity index (χ1) is 6.79. The Labute approximate surface area is 83.7 Å². The lowest BCUT2D eigenvalue weighted by Gasteiger charge is -2.05. The van der Waals surface area contributed by atoms with E-state index >= 15 is 0 Å². The van der Waals surface area contributed by atoms with Gasteiger partial charge in [0.05, 0.1) is 6.61 Å². The molecule has 1 aliphatic rings. The summed E-state index contributed by atoms with van der Waals surface area (Å²) < 4.78 is 5.28. The molecule has 2 atom stereocenters. The van der Waals surface area contributed by atoms with E-state index in [-0.39, 0.29) is 0 Å². The Bertz CT molecular complexity index is 316. The van der Waals surface area contributed by atoms with Gasteiger partial charge in [-0.15, -0.1) is 0 Å². The Kier molecular flexibility index (Phi) is 2.52. The third-order valence-corrected chi connectivity index (χ3v) is 2.35. The molecule has 0 spiro atoms. The fraction of sp³-hybridized carbons (Fsp3) is 0.600. The molecule has 0 aliphatic heterocycles. The second-order valence-corrected chi connectivity index (χ2v) is 3.62. The van der Waals surface area contributed by atoms with Crippen molar-refractivity contribution in [1.82, 2.24) is 9.97 Å². The maximum Gasteiger partial charge on any atom is 0.226 e. The van der Waals surface area contributed by atoms with Gasteiger partial charge >= 0.3 is 0 Å². The van der Waals surface area contributed by atoms with Gasteiger partial charge in [0.25, 0.3) is 0 Å². The maximum atomic E-state index is 5.28. The van der Waals surface area contributed by atoms with E-state index in [0.717, 1.165) is 5.92 Å². The molecular formula is C10H15N3O. The average molecular weight is 193 g/mol. The molecule has 1 aliphatic carbocycles. The summed E-state index contributed by atoms with van der Waals surface area (Å²) in [6, 6.07) is 2.32. The van der Waals surface area contributed by atoms with Gasteiger partial charge in [-0.2, -0.15) is 4.98 Å². The Balaban J connectivity index is 1.99. The number of ether oxygens (including phenoxy) is 1. The van der Waals surface area contributed by atoms with Crippen LogP contribution in [0.5, 0.6) is 5.88 Å². The summed E-state index contributed by atoms with van der Waals surface area (Å²) in [5, 5.41) is 3.26. The quantitative estimate of drug-likeness (QED) is 0.790. The molecule has 1 aromatic rings. The van der Waals surface area contributed by atoms with Crippen LogP contribution in [0.1, 0.15) is 20.3 Å². The number of aromatic nitrogens is 2. The lowest BCUT2D eigenvalue weighted by atomic mass is 10.5. The zero-order valence-corrected chi connectivity index (χ0v) is 8.53. The highest BCUT2D eigenvalue weighted by Crippen LogP contribution is 2.31. The second kappa shape index (κ2) is 3.82. The van der Waals surface area contributed by atoms with Crippen LogP contribution in [-0.2, 0) is 0 Å². The molecule has 2 rings (SSSR count). The number of rotatable bonds is 4. The van der Waals surface area contributed by atoms with Gasteiger partial charge in [0.2, 0.25) is 11.8 Å². The highest BCUT2D eigenvalue weighted by molar-refractivity contribution is 5.31. The molecular weight excluding hydrogens is 178 g/mol. The van der Waals surface area contributed by atoms with E-state index in [9.17, 15) is 0 Å². The highest BCUT2D eigenvalue weighted by atomic mass is 16.5. The Hall–Kier alpha value is -1.32. The van der Waals surface area contributed by atoms with Crippen molar-refractivity contribution in [3.63, 3.8) is 0 Å². The van der Waals surface area contributed by atoms with Crippen LogP contribution < -0.4 is 10.1 Å². The lowest BCUT2D eigenvalue weighted by Crippen LogP contribution is -2.07. The van der Waals surface area contributed by atoms with Gasteiger partial charge in [-0.25, -0.2) is 4.98 Å². The summed E-state index contributed by atoms with van der Waals surface area (Å²) in [7, 11) is 0. The monoisotopic (exact) mass is 193 g/mol. The first-order valence-corrected chi connectivity index (χ1v) is 5.02. The van der Waals surface area contributed by atoms with Gasteiger partial charge in [-0.1, -0.05) is 6.92 Å². The molecule has 4 nitrogen and oxygen atoms in total. The number of nitrogens with zero attached hydrogens (tertiary/aromatic N) is 2. The van der Waals surface area contributed by atoms with Crippen LogP contribution in [0.4, 0.5) is 5.95 Å². The van der Waals surface area contributed by atoms with Crippen molar-refractivity contribution in [2.45, 2.75) is 26.3 Å². The topological polar surface area (TPSA) is 47.0 Å². The van der Waals surface area contributed by atoms with Gasteiger partial charge in [-0.05, 0) is 19.3 Å². The van der Waals surface area contributed by atoms with E-state index in [1.165, 1.54) is 6.42 Å². The molecule has 4 heteroatoms. The highest BCUT2D eigenvalue weighted by Gasteiger charge is 2.32. The second-order valence-electron chi connectivity index (χ2n) is 3.62. The molecule has 1 saturated carbocycles. The summed E-state index contributed by atoms with van der Waals surface area (Å²) in [6.45, 7) is 4.79. The third kappa shape index (κ3) is 2.13. The third-order valence-electron chi connectivity index (χ3n) is 2.35. The van der Waals surface area contributed by atoms with Crippen LogP contribution in [0.2, 0.25) is 0 Å². The predicted molar refractivity (Wildman–Crippen MR) is 54.4 cm³/mol. The minimum atomic E-state index is 0.548. The first kappa shape index (κ1) is 9.24. The lowest BCUT2D eigenvalue weighted by molar-refractivity contribution is 0.326. The van der Waals surface area contributed by atoms with Crippen molar-refractivity contribution in [2.75, 3.05) is 11.9 Å². The molecule has 76 valence electrons. The Morgan fingerprint density at radius 2 is 2.43 bits per heavy atom. The van der Waals surface area contributed by atoms with Crippen molar-refractivity contribution in [2.24, 2.45) is 5.92 Å². The Morgan fingerprint density at radius 3 is 3.07 bits per heavy atom. The molecule has 14 heavy (non-hydrogen) atoms. The number of anilines is 1. The molecule has 0 bridgehead atoms. The van der Waals surface area contributed by atoms with Crippen LogP contribution >= 0.6 is 0 Å². The summed E-state index contributed by atoms with van der Waals surface area (Å²) >= 11 is 0. The first-order valence-electron chi connectivity index (χ1n) is 5.02. The summed E-state index contributed by atoms with van der Waals surface area (Å²) in [6.07, 6.45) is 2.93. The van der Waals surface area contributed by atoms with Crippen LogP contribution in [0, 0.1) is 5.92 Å². The molecule has 1 heterocycles. The zero-order valence-electron chi connectivity index (χ0n) is 8.53. The minimum absolute atomic E-state index is 0.548. The van der Waals surface area contributed by atoms with Gasteiger partial charge in [-0.3, -0.25) is 0 Å². The van der Waals surface area contributed by atoms with Crippen LogP contribution in [0.3, 0.4) is 0 Å². The molecule has 0 saturated heterocycles. The fourth-order valence-corrected chi connectivity index (χ4v) is 1.33. The van der Waals surface area contributed by atoms with E-state index in [1.807, 2.05) is 6.92 Å². The van der Waals surface area contributed by atoms with Gasteiger partial charge in [0.1, 0.15) is 0 Å². The smallest absolute Gasteiger partial charge is 0.226 e. The van der Waals surface area contributed by atoms with Crippen molar-refractivity contribution in [3.05, 3.63) is 12.3 Å². The average Bonchev–Trinajstić information content (AvgIpc) is 2.83. The van der Waals surface area contributed by atoms with Crippen molar-refractivity contribution < 1.29 is 4.74 Å². The van der Waals surface area contributed by atoms with Crippen LogP contribution in [0.25, 0.3) is 0 Å².